The molecule has 124 valence electrons. The average molecular weight is 343 g/mol. The van der Waals surface area contributed by atoms with Gasteiger partial charge in [-0.05, 0) is 42.6 Å². The molecule has 3 N–H and O–H groups in total. The lowest BCUT2D eigenvalue weighted by Crippen LogP contribution is -2.52. The second-order valence-corrected chi connectivity index (χ2v) is 6.57. The highest BCUT2D eigenvalue weighted by molar-refractivity contribution is 6.30. The molecule has 1 atom stereocenters. The third kappa shape index (κ3) is 3.21. The van der Waals surface area contributed by atoms with Gasteiger partial charge in [-0.3, -0.25) is 9.59 Å². The number of primary amides is 1. The molecule has 0 radical (unpaired) electrons. The fourth-order valence-electron chi connectivity index (χ4n) is 3.23. The highest BCUT2D eigenvalue weighted by Gasteiger charge is 2.41. The third-order valence-electron chi connectivity index (χ3n) is 4.56. The predicted octanol–water partition coefficient (Wildman–Crippen LogP) is 3.19. The summed E-state index contributed by atoms with van der Waals surface area (Å²) in [6.45, 7) is 0.703. The number of Topliss-reactive ketones (excluding diaryl/α,β-unsaturated/α-hetero) is 1. The lowest BCUT2D eigenvalue weighted by Gasteiger charge is -2.25. The summed E-state index contributed by atoms with van der Waals surface area (Å²) >= 11 is 5.94. The summed E-state index contributed by atoms with van der Waals surface area (Å²) in [5.41, 5.74) is 6.97. The van der Waals surface area contributed by atoms with Crippen LogP contribution in [-0.2, 0) is 4.79 Å². The molecule has 1 heterocycles. The molecule has 3 rings (SSSR count). The van der Waals surface area contributed by atoms with E-state index >= 15 is 0 Å². The highest BCUT2D eigenvalue weighted by Crippen LogP contribution is 2.30. The Kier molecular flexibility index (Phi) is 4.69. The maximum absolute atomic E-state index is 12.9. The Bertz CT molecular complexity index is 765. The van der Waals surface area contributed by atoms with E-state index in [1.807, 2.05) is 30.3 Å². The topological polar surface area (TPSA) is 72.2 Å². The molecule has 0 spiro atoms. The highest BCUT2D eigenvalue weighted by atomic mass is 35.5. The molecule has 0 aromatic heterocycles. The van der Waals surface area contributed by atoms with Gasteiger partial charge in [-0.15, -0.1) is 0 Å². The summed E-state index contributed by atoms with van der Waals surface area (Å²) in [6, 6.07) is 14.7. The van der Waals surface area contributed by atoms with Crippen molar-refractivity contribution in [1.29, 1.82) is 0 Å². The molecule has 24 heavy (non-hydrogen) atoms. The van der Waals surface area contributed by atoms with Crippen LogP contribution in [0.5, 0.6) is 0 Å². The number of hydrogen-bond donors (Lipinski definition) is 2. The second-order valence-electron chi connectivity index (χ2n) is 6.13. The van der Waals surface area contributed by atoms with Crippen molar-refractivity contribution in [3.8, 4) is 11.1 Å². The Hall–Kier alpha value is -2.17. The summed E-state index contributed by atoms with van der Waals surface area (Å²) in [5.74, 6) is -0.550. The van der Waals surface area contributed by atoms with E-state index in [4.69, 9.17) is 17.3 Å². The Balaban J connectivity index is 1.93. The number of nitrogens with two attached hydrogens (primary N) is 1. The van der Waals surface area contributed by atoms with Gasteiger partial charge in [-0.2, -0.15) is 0 Å². The van der Waals surface area contributed by atoms with E-state index < -0.39 is 11.4 Å². The van der Waals surface area contributed by atoms with Crippen molar-refractivity contribution in [1.82, 2.24) is 5.32 Å². The van der Waals surface area contributed by atoms with E-state index in [2.05, 4.69) is 5.32 Å². The van der Waals surface area contributed by atoms with Gasteiger partial charge in [0.25, 0.3) is 0 Å². The first kappa shape index (κ1) is 16.7. The number of carbonyl (C=O) groups excluding carboxylic acids is 2. The van der Waals surface area contributed by atoms with Crippen molar-refractivity contribution in [2.24, 2.45) is 5.73 Å². The zero-order valence-electron chi connectivity index (χ0n) is 13.2. The van der Waals surface area contributed by atoms with Gasteiger partial charge in [0.2, 0.25) is 5.91 Å². The van der Waals surface area contributed by atoms with Crippen LogP contribution in [0.15, 0.2) is 48.5 Å². The summed E-state index contributed by atoms with van der Waals surface area (Å²) < 4.78 is 0. The number of amides is 1. The fraction of sp³-hybridized carbons (Fsp3) is 0.263. The van der Waals surface area contributed by atoms with Crippen LogP contribution < -0.4 is 11.1 Å². The van der Waals surface area contributed by atoms with Crippen molar-refractivity contribution in [3.63, 3.8) is 0 Å². The Morgan fingerprint density at radius 3 is 2.46 bits per heavy atom. The molecule has 1 saturated heterocycles. The van der Waals surface area contributed by atoms with Crippen LogP contribution >= 0.6 is 11.6 Å². The first-order valence-electron chi connectivity index (χ1n) is 7.95. The van der Waals surface area contributed by atoms with Gasteiger partial charge < -0.3 is 11.1 Å². The van der Waals surface area contributed by atoms with Crippen molar-refractivity contribution in [2.45, 2.75) is 24.8 Å². The van der Waals surface area contributed by atoms with E-state index in [1.54, 1.807) is 18.2 Å². The van der Waals surface area contributed by atoms with Crippen LogP contribution in [0.1, 0.15) is 29.6 Å². The van der Waals surface area contributed by atoms with E-state index in [9.17, 15) is 9.59 Å². The summed E-state index contributed by atoms with van der Waals surface area (Å²) in [5, 5.41) is 3.77. The summed E-state index contributed by atoms with van der Waals surface area (Å²) in [4.78, 5) is 24.8. The molecule has 0 saturated carbocycles. The van der Waals surface area contributed by atoms with Gasteiger partial charge in [-0.1, -0.05) is 48.0 Å². The number of halogens is 1. The third-order valence-corrected chi connectivity index (χ3v) is 4.81. The van der Waals surface area contributed by atoms with Crippen molar-refractivity contribution >= 4 is 23.3 Å². The van der Waals surface area contributed by atoms with Gasteiger partial charge in [0.15, 0.2) is 5.78 Å². The van der Waals surface area contributed by atoms with Gasteiger partial charge in [-0.25, -0.2) is 0 Å². The van der Waals surface area contributed by atoms with Crippen LogP contribution in [0.25, 0.3) is 11.1 Å². The number of rotatable bonds is 5. The minimum Gasteiger partial charge on any atom is -0.368 e. The zero-order chi connectivity index (χ0) is 17.2. The molecule has 0 aliphatic carbocycles. The number of nitrogens with one attached hydrogen (secondary N) is 1. The Morgan fingerprint density at radius 2 is 1.83 bits per heavy atom. The molecule has 2 aromatic carbocycles. The van der Waals surface area contributed by atoms with Crippen molar-refractivity contribution in [3.05, 3.63) is 59.1 Å². The molecule has 2 aromatic rings. The fourth-order valence-corrected chi connectivity index (χ4v) is 3.36. The van der Waals surface area contributed by atoms with Gasteiger partial charge in [0, 0.05) is 17.0 Å². The first-order chi connectivity index (χ1) is 11.5. The Morgan fingerprint density at radius 1 is 1.12 bits per heavy atom. The largest absolute Gasteiger partial charge is 0.368 e. The standard InChI is InChI=1S/C19H19ClN2O2/c20-14-8-6-13(7-9-14)15-4-1-2-5-16(15)17(23)12-19(18(21)24)10-3-11-22-19/h1-2,4-9,22H,3,10-12H2,(H2,21,24)/t19-/m1/s1. The number of benzene rings is 2. The molecular weight excluding hydrogens is 324 g/mol. The zero-order valence-corrected chi connectivity index (χ0v) is 14.0. The van der Waals surface area contributed by atoms with Crippen molar-refractivity contribution < 1.29 is 9.59 Å². The van der Waals surface area contributed by atoms with Gasteiger partial charge >= 0.3 is 0 Å². The first-order valence-corrected chi connectivity index (χ1v) is 8.33. The number of ketones is 1. The van der Waals surface area contributed by atoms with E-state index in [0.29, 0.717) is 23.6 Å². The Labute approximate surface area is 146 Å². The minimum atomic E-state index is -0.926. The van der Waals surface area contributed by atoms with Crippen molar-refractivity contribution in [2.75, 3.05) is 6.54 Å². The molecule has 0 unspecified atom stereocenters. The molecule has 4 nitrogen and oxygen atoms in total. The molecule has 1 aliphatic heterocycles. The van der Waals surface area contributed by atoms with E-state index in [-0.39, 0.29) is 12.2 Å². The lowest BCUT2D eigenvalue weighted by molar-refractivity contribution is -0.123. The predicted molar refractivity (Wildman–Crippen MR) is 95.0 cm³/mol. The monoisotopic (exact) mass is 342 g/mol. The van der Waals surface area contributed by atoms with Crippen LogP contribution in [0.2, 0.25) is 5.02 Å². The lowest BCUT2D eigenvalue weighted by atomic mass is 9.86. The average Bonchev–Trinajstić information content (AvgIpc) is 3.05. The molecule has 1 aliphatic rings. The molecular formula is C19H19ClN2O2. The van der Waals surface area contributed by atoms with Crippen LogP contribution in [0.3, 0.4) is 0 Å². The molecule has 5 heteroatoms. The van der Waals surface area contributed by atoms with E-state index in [0.717, 1.165) is 17.5 Å². The minimum absolute atomic E-state index is 0.0763. The number of carbonyl (C=O) groups is 2. The molecule has 1 fully saturated rings. The van der Waals surface area contributed by atoms with Crippen LogP contribution in [0.4, 0.5) is 0 Å². The maximum atomic E-state index is 12.9. The normalized spacial score (nSPS) is 20.0. The maximum Gasteiger partial charge on any atom is 0.238 e. The summed E-state index contributed by atoms with van der Waals surface area (Å²) in [6.07, 6.45) is 1.51. The van der Waals surface area contributed by atoms with Crippen LogP contribution in [0, 0.1) is 0 Å². The van der Waals surface area contributed by atoms with Crippen LogP contribution in [-0.4, -0.2) is 23.8 Å². The molecule has 1 amide bonds. The quantitative estimate of drug-likeness (QED) is 0.820. The van der Waals surface area contributed by atoms with E-state index in [1.165, 1.54) is 0 Å². The molecule has 0 bridgehead atoms. The van der Waals surface area contributed by atoms with Gasteiger partial charge in [0.1, 0.15) is 5.54 Å². The smallest absolute Gasteiger partial charge is 0.238 e. The SMILES string of the molecule is NC(=O)[C@]1(CC(=O)c2ccccc2-c2ccc(Cl)cc2)CCCN1. The summed E-state index contributed by atoms with van der Waals surface area (Å²) in [7, 11) is 0. The van der Waals surface area contributed by atoms with Gasteiger partial charge in [0.05, 0.1) is 0 Å². The number of hydrogen-bond acceptors (Lipinski definition) is 3. The second kappa shape index (κ2) is 6.75.